The first-order chi connectivity index (χ1) is 12.3. The summed E-state index contributed by atoms with van der Waals surface area (Å²) in [4.78, 5) is 18.0. The Morgan fingerprint density at radius 1 is 1.31 bits per heavy atom. The fourth-order valence-electron chi connectivity index (χ4n) is 3.64. The van der Waals surface area contributed by atoms with Crippen molar-refractivity contribution >= 4 is 23.3 Å². The van der Waals surface area contributed by atoms with Crippen molar-refractivity contribution in [2.24, 2.45) is 11.8 Å². The van der Waals surface area contributed by atoms with Gasteiger partial charge in [-0.2, -0.15) is 13.2 Å². The van der Waals surface area contributed by atoms with Crippen molar-refractivity contribution in [2.75, 3.05) is 38.0 Å². The third-order valence-electron chi connectivity index (χ3n) is 5.17. The van der Waals surface area contributed by atoms with Gasteiger partial charge in [-0.15, -0.1) is 0 Å². The number of aromatic nitrogens is 1. The Morgan fingerprint density at radius 3 is 2.54 bits per heavy atom. The molecule has 0 aliphatic carbocycles. The first kappa shape index (κ1) is 19.2. The molecule has 1 aromatic rings. The first-order valence-corrected chi connectivity index (χ1v) is 9.17. The van der Waals surface area contributed by atoms with Gasteiger partial charge in [0, 0.05) is 32.3 Å². The number of alkyl halides is 3. The number of rotatable bonds is 4. The van der Waals surface area contributed by atoms with Gasteiger partial charge >= 0.3 is 6.18 Å². The number of nitrogens with one attached hydrogen (secondary N) is 2. The molecule has 2 aliphatic heterocycles. The molecule has 1 amide bonds. The van der Waals surface area contributed by atoms with Gasteiger partial charge in [-0.05, 0) is 43.8 Å². The van der Waals surface area contributed by atoms with Crippen LogP contribution in [0.15, 0.2) is 12.3 Å². The fourth-order valence-corrected chi connectivity index (χ4v) is 3.87. The van der Waals surface area contributed by atoms with E-state index in [0.29, 0.717) is 11.8 Å². The maximum absolute atomic E-state index is 12.6. The minimum Gasteiger partial charge on any atom is -0.368 e. The van der Waals surface area contributed by atoms with Crippen molar-refractivity contribution in [2.45, 2.75) is 25.4 Å². The normalized spacial score (nSPS) is 23.5. The summed E-state index contributed by atoms with van der Waals surface area (Å²) >= 11 is 5.85. The van der Waals surface area contributed by atoms with Crippen LogP contribution in [0.25, 0.3) is 0 Å². The summed E-state index contributed by atoms with van der Waals surface area (Å²) in [6, 6.07) is 0.834. The van der Waals surface area contributed by atoms with Crippen molar-refractivity contribution in [3.05, 3.63) is 22.8 Å². The summed E-state index contributed by atoms with van der Waals surface area (Å²) in [5.41, 5.74) is -0.895. The molecule has 2 N–H and O–H groups in total. The molecule has 3 rings (SSSR count). The second-order valence-corrected chi connectivity index (χ2v) is 7.27. The highest BCUT2D eigenvalue weighted by atomic mass is 35.5. The third kappa shape index (κ3) is 4.59. The molecule has 9 heteroatoms. The number of likely N-dealkylation sites (tertiary alicyclic amines) is 1. The number of amides is 1. The van der Waals surface area contributed by atoms with Crippen LogP contribution in [-0.4, -0.2) is 48.5 Å². The minimum atomic E-state index is -4.48. The number of fused-ring (bicyclic) bond motifs is 1. The van der Waals surface area contributed by atoms with Gasteiger partial charge in [0.25, 0.3) is 0 Å². The molecule has 2 atom stereocenters. The van der Waals surface area contributed by atoms with Crippen molar-refractivity contribution in [3.8, 4) is 0 Å². The van der Waals surface area contributed by atoms with Crippen LogP contribution in [0.5, 0.6) is 0 Å². The van der Waals surface area contributed by atoms with Gasteiger partial charge in [-0.25, -0.2) is 4.98 Å². The molecule has 3 heterocycles. The Hall–Kier alpha value is -1.54. The van der Waals surface area contributed by atoms with Gasteiger partial charge in [0.15, 0.2) is 0 Å². The number of pyridine rings is 1. The summed E-state index contributed by atoms with van der Waals surface area (Å²) in [5, 5.41) is 6.14. The molecule has 0 bridgehead atoms. The number of carbonyl (C=O) groups excluding carboxylic acids is 1. The van der Waals surface area contributed by atoms with Gasteiger partial charge in [-0.3, -0.25) is 4.79 Å². The number of carbonyl (C=O) groups is 1. The SMILES string of the molecule is O=C(CCNc1ncc(C(F)(F)F)cc1Cl)N1CC[C@@H]2CNC[C@@H]2CC1. The van der Waals surface area contributed by atoms with E-state index < -0.39 is 11.7 Å². The molecule has 0 radical (unpaired) electrons. The van der Waals surface area contributed by atoms with Crippen LogP contribution >= 0.6 is 11.6 Å². The molecule has 0 unspecified atom stereocenters. The monoisotopic (exact) mass is 390 g/mol. The quantitative estimate of drug-likeness (QED) is 0.829. The summed E-state index contributed by atoms with van der Waals surface area (Å²) < 4.78 is 37.8. The first-order valence-electron chi connectivity index (χ1n) is 8.79. The molecule has 1 aromatic heterocycles. The van der Waals surface area contributed by atoms with Crippen molar-refractivity contribution in [1.82, 2.24) is 15.2 Å². The smallest absolute Gasteiger partial charge is 0.368 e. The summed E-state index contributed by atoms with van der Waals surface area (Å²) in [6.07, 6.45) is -1.46. The van der Waals surface area contributed by atoms with Crippen molar-refractivity contribution in [1.29, 1.82) is 0 Å². The van der Waals surface area contributed by atoms with E-state index in [1.165, 1.54) is 0 Å². The summed E-state index contributed by atoms with van der Waals surface area (Å²) in [7, 11) is 0. The second-order valence-electron chi connectivity index (χ2n) is 6.87. The molecular formula is C17H22ClF3N4O. The van der Waals surface area contributed by atoms with Crippen LogP contribution < -0.4 is 10.6 Å². The van der Waals surface area contributed by atoms with E-state index in [1.54, 1.807) is 0 Å². The number of halogens is 4. The van der Waals surface area contributed by atoms with E-state index in [2.05, 4.69) is 15.6 Å². The van der Waals surface area contributed by atoms with Gasteiger partial charge in [0.1, 0.15) is 5.82 Å². The van der Waals surface area contributed by atoms with Gasteiger partial charge < -0.3 is 15.5 Å². The highest BCUT2D eigenvalue weighted by Gasteiger charge is 2.32. The molecule has 5 nitrogen and oxygen atoms in total. The maximum atomic E-state index is 12.6. The van der Waals surface area contributed by atoms with E-state index in [9.17, 15) is 18.0 Å². The Bertz CT molecular complexity index is 641. The van der Waals surface area contributed by atoms with E-state index in [0.717, 1.165) is 51.3 Å². The van der Waals surface area contributed by atoms with Crippen LogP contribution in [0, 0.1) is 11.8 Å². The number of nitrogens with zero attached hydrogens (tertiary/aromatic N) is 2. The maximum Gasteiger partial charge on any atom is 0.417 e. The Kier molecular flexibility index (Phi) is 5.92. The Morgan fingerprint density at radius 2 is 1.96 bits per heavy atom. The third-order valence-corrected chi connectivity index (χ3v) is 5.46. The predicted octanol–water partition coefficient (Wildman–Crippen LogP) is 3.01. The lowest BCUT2D eigenvalue weighted by molar-refractivity contribution is -0.137. The average molecular weight is 391 g/mol. The van der Waals surface area contributed by atoms with E-state index in [1.807, 2.05) is 4.90 Å². The zero-order chi connectivity index (χ0) is 18.7. The van der Waals surface area contributed by atoms with Crippen LogP contribution in [0.3, 0.4) is 0 Å². The summed E-state index contributed by atoms with van der Waals surface area (Å²) in [6.45, 7) is 3.88. The van der Waals surface area contributed by atoms with Crippen LogP contribution in [0.2, 0.25) is 5.02 Å². The van der Waals surface area contributed by atoms with Crippen molar-refractivity contribution in [3.63, 3.8) is 0 Å². The number of hydrogen-bond acceptors (Lipinski definition) is 4. The highest BCUT2D eigenvalue weighted by Crippen LogP contribution is 2.32. The molecule has 144 valence electrons. The standard InChI is InChI=1S/C17H22ClF3N4O/c18-14-7-13(17(19,20)21)10-24-16(14)23-4-1-15(26)25-5-2-11-8-22-9-12(11)3-6-25/h7,10-12,22H,1-6,8-9H2,(H,23,24)/t11-,12+. The highest BCUT2D eigenvalue weighted by molar-refractivity contribution is 6.32. The van der Waals surface area contributed by atoms with Crippen LogP contribution in [-0.2, 0) is 11.0 Å². The summed E-state index contributed by atoms with van der Waals surface area (Å²) in [5.74, 6) is 1.51. The molecular weight excluding hydrogens is 369 g/mol. The van der Waals surface area contributed by atoms with E-state index in [4.69, 9.17) is 11.6 Å². The van der Waals surface area contributed by atoms with Crippen LogP contribution in [0.1, 0.15) is 24.8 Å². The predicted molar refractivity (Wildman–Crippen MR) is 93.0 cm³/mol. The fraction of sp³-hybridized carbons (Fsp3) is 0.647. The Balaban J connectivity index is 1.48. The minimum absolute atomic E-state index is 0.0495. The van der Waals surface area contributed by atoms with Gasteiger partial charge in [0.05, 0.1) is 10.6 Å². The Labute approximate surface area is 155 Å². The van der Waals surface area contributed by atoms with Gasteiger partial charge in [0.2, 0.25) is 5.91 Å². The van der Waals surface area contributed by atoms with Crippen molar-refractivity contribution < 1.29 is 18.0 Å². The van der Waals surface area contributed by atoms with E-state index >= 15 is 0 Å². The lowest BCUT2D eigenvalue weighted by atomic mass is 9.92. The number of anilines is 1. The van der Waals surface area contributed by atoms with Crippen LogP contribution in [0.4, 0.5) is 19.0 Å². The topological polar surface area (TPSA) is 57.3 Å². The molecule has 2 aliphatic rings. The molecule has 0 saturated carbocycles. The lowest BCUT2D eigenvalue weighted by Crippen LogP contribution is -2.33. The molecule has 2 saturated heterocycles. The molecule has 0 spiro atoms. The lowest BCUT2D eigenvalue weighted by Gasteiger charge is -2.21. The number of hydrogen-bond donors (Lipinski definition) is 2. The molecule has 0 aromatic carbocycles. The molecule has 2 fully saturated rings. The average Bonchev–Trinajstić information content (AvgIpc) is 2.93. The van der Waals surface area contributed by atoms with E-state index in [-0.39, 0.29) is 29.7 Å². The zero-order valence-electron chi connectivity index (χ0n) is 14.3. The van der Waals surface area contributed by atoms with Gasteiger partial charge in [-0.1, -0.05) is 11.6 Å². The zero-order valence-corrected chi connectivity index (χ0v) is 15.0. The second kappa shape index (κ2) is 8.00. The largest absolute Gasteiger partial charge is 0.417 e. The molecule has 26 heavy (non-hydrogen) atoms.